The lowest BCUT2D eigenvalue weighted by Gasteiger charge is -2.67. The fourth-order valence-corrected chi connectivity index (χ4v) is 9.54. The number of hydrogen-bond donors (Lipinski definition) is 8. The summed E-state index contributed by atoms with van der Waals surface area (Å²) in [5.74, 6) is -2.26. The van der Waals surface area contributed by atoms with Crippen molar-refractivity contribution in [3.63, 3.8) is 0 Å². The maximum atomic E-state index is 12.3. The lowest BCUT2D eigenvalue weighted by atomic mass is 9.43. The molecule has 0 aromatic rings. The van der Waals surface area contributed by atoms with Crippen LogP contribution in [0.3, 0.4) is 0 Å². The van der Waals surface area contributed by atoms with Crippen molar-refractivity contribution < 1.29 is 59.9 Å². The molecule has 0 bridgehead atoms. The Morgan fingerprint density at radius 1 is 0.975 bits per heavy atom. The Morgan fingerprint density at radius 3 is 2.38 bits per heavy atom. The Kier molecular flexibility index (Phi) is 6.80. The molecule has 6 rings (SSSR count). The second-order valence-corrected chi connectivity index (χ2v) is 13.5. The van der Waals surface area contributed by atoms with Gasteiger partial charge < -0.3 is 55.1 Å². The summed E-state index contributed by atoms with van der Waals surface area (Å²) in [6, 6.07) is 0. The predicted octanol–water partition coefficient (Wildman–Crippen LogP) is -1.76. The van der Waals surface area contributed by atoms with Crippen LogP contribution in [-0.2, 0) is 19.0 Å². The molecule has 6 aliphatic rings. The van der Waals surface area contributed by atoms with Gasteiger partial charge in [0.1, 0.15) is 30.5 Å². The van der Waals surface area contributed by atoms with E-state index in [0.29, 0.717) is 12.8 Å². The molecule has 0 amide bonds. The standard InChI is InChI=1S/C28H42O12/c1-12-21(32)22(33)23(34)24(39-12)40-14-8-18(30)28(37)20-16(3-5-26(28,35)9-14)27(36)6-4-15(13-7-19(31)38-11-13)25(27,2)10-17(20)29/h7,12,14-18,20-24,29-30,32-37H,3-6,8-11H2,1-2H3/t12?,14-,15+,16+,17+,18+,20+,21?,22?,23?,24?,25+,26-,27-,28-/m0/s1. The topological polar surface area (TPSA) is 207 Å². The number of aliphatic hydroxyl groups is 8. The van der Waals surface area contributed by atoms with Gasteiger partial charge in [-0.05, 0) is 56.4 Å². The highest BCUT2D eigenvalue weighted by molar-refractivity contribution is 5.85. The number of ether oxygens (including phenoxy) is 3. The van der Waals surface area contributed by atoms with E-state index in [1.807, 2.05) is 6.92 Å². The highest BCUT2D eigenvalue weighted by Crippen LogP contribution is 2.68. The zero-order chi connectivity index (χ0) is 29.0. The molecule has 4 aliphatic carbocycles. The Balaban J connectivity index is 1.26. The highest BCUT2D eigenvalue weighted by Gasteiger charge is 2.75. The summed E-state index contributed by atoms with van der Waals surface area (Å²) >= 11 is 0. The van der Waals surface area contributed by atoms with Crippen LogP contribution in [0.1, 0.15) is 58.8 Å². The average molecular weight is 571 g/mol. The molecule has 2 heterocycles. The lowest BCUT2D eigenvalue weighted by molar-refractivity contribution is -0.353. The Hall–Kier alpha value is -1.19. The minimum absolute atomic E-state index is 0.0213. The van der Waals surface area contributed by atoms with E-state index in [2.05, 4.69) is 0 Å². The Labute approximate surface area is 232 Å². The normalized spacial score (nSPS) is 58.0. The number of carbonyl (C=O) groups excluding carboxylic acids is 1. The average Bonchev–Trinajstić information content (AvgIpc) is 3.42. The van der Waals surface area contributed by atoms with Crippen LogP contribution in [0.4, 0.5) is 0 Å². The maximum absolute atomic E-state index is 12.3. The number of fused-ring (bicyclic) bond motifs is 5. The van der Waals surface area contributed by atoms with E-state index in [-0.39, 0.29) is 44.6 Å². The molecule has 0 aromatic carbocycles. The zero-order valence-electron chi connectivity index (χ0n) is 22.8. The molecular weight excluding hydrogens is 528 g/mol. The molecule has 5 unspecified atom stereocenters. The summed E-state index contributed by atoms with van der Waals surface area (Å²) in [5, 5.41) is 89.8. The third-order valence-electron chi connectivity index (χ3n) is 11.6. The minimum Gasteiger partial charge on any atom is -0.458 e. The second kappa shape index (κ2) is 9.40. The van der Waals surface area contributed by atoms with Gasteiger partial charge in [-0.3, -0.25) is 0 Å². The Morgan fingerprint density at radius 2 is 1.70 bits per heavy atom. The number of hydrogen-bond acceptors (Lipinski definition) is 12. The van der Waals surface area contributed by atoms with Gasteiger partial charge in [0, 0.05) is 30.3 Å². The Bertz CT molecular complexity index is 1070. The van der Waals surface area contributed by atoms with Gasteiger partial charge in [0.2, 0.25) is 0 Å². The molecule has 12 nitrogen and oxygen atoms in total. The fourth-order valence-electron chi connectivity index (χ4n) is 9.54. The van der Waals surface area contributed by atoms with E-state index in [1.54, 1.807) is 0 Å². The molecule has 0 spiro atoms. The van der Waals surface area contributed by atoms with Crippen molar-refractivity contribution in [1.29, 1.82) is 0 Å². The summed E-state index contributed by atoms with van der Waals surface area (Å²) in [7, 11) is 0. The molecule has 0 radical (unpaired) electrons. The molecule has 226 valence electrons. The van der Waals surface area contributed by atoms with Gasteiger partial charge in [-0.25, -0.2) is 4.79 Å². The molecule has 0 aromatic heterocycles. The van der Waals surface area contributed by atoms with Gasteiger partial charge in [0.05, 0.1) is 35.6 Å². The number of cyclic esters (lactones) is 1. The molecular formula is C28H42O12. The van der Waals surface area contributed by atoms with Crippen LogP contribution in [0.2, 0.25) is 0 Å². The molecule has 1 saturated heterocycles. The smallest absolute Gasteiger partial charge is 0.331 e. The van der Waals surface area contributed by atoms with Crippen LogP contribution in [0.5, 0.6) is 0 Å². The first-order chi connectivity index (χ1) is 18.7. The van der Waals surface area contributed by atoms with Crippen LogP contribution >= 0.6 is 0 Å². The van der Waals surface area contributed by atoms with Gasteiger partial charge in [-0.2, -0.15) is 0 Å². The maximum Gasteiger partial charge on any atom is 0.331 e. The summed E-state index contributed by atoms with van der Waals surface area (Å²) in [6.45, 7) is 3.57. The van der Waals surface area contributed by atoms with Crippen LogP contribution in [0.15, 0.2) is 11.6 Å². The quantitative estimate of drug-likeness (QED) is 0.140. The first kappa shape index (κ1) is 28.9. The first-order valence-electron chi connectivity index (χ1n) is 14.4. The molecule has 40 heavy (non-hydrogen) atoms. The van der Waals surface area contributed by atoms with Crippen LogP contribution in [0.25, 0.3) is 0 Å². The monoisotopic (exact) mass is 570 g/mol. The first-order valence-corrected chi connectivity index (χ1v) is 14.4. The molecule has 5 fully saturated rings. The van der Waals surface area contributed by atoms with Gasteiger partial charge in [0.15, 0.2) is 6.29 Å². The van der Waals surface area contributed by atoms with Crippen LogP contribution in [-0.4, -0.2) is 119 Å². The van der Waals surface area contributed by atoms with E-state index in [1.165, 1.54) is 13.0 Å². The van der Waals surface area contributed by atoms with Crippen molar-refractivity contribution >= 4 is 5.97 Å². The van der Waals surface area contributed by atoms with Gasteiger partial charge >= 0.3 is 5.97 Å². The molecule has 8 N–H and O–H groups in total. The van der Waals surface area contributed by atoms with E-state index < -0.39 is 89.0 Å². The minimum atomic E-state index is -2.15. The summed E-state index contributed by atoms with van der Waals surface area (Å²) in [4.78, 5) is 11.8. The largest absolute Gasteiger partial charge is 0.458 e. The lowest BCUT2D eigenvalue weighted by Crippen LogP contribution is -2.78. The van der Waals surface area contributed by atoms with E-state index in [9.17, 15) is 45.6 Å². The van der Waals surface area contributed by atoms with Gasteiger partial charge in [0.25, 0.3) is 0 Å². The SMILES string of the molecule is CC1OC(O[C@H]2C[C@@H](O)[C@]3(O)[C@H]4[C@H](O)C[C@]5(C)[C@@H](C6=CC(=O)OC6)CC[C@]5(O)[C@@H]4CC[C@]3(O)C2)C(O)C(O)C1O. The van der Waals surface area contributed by atoms with Gasteiger partial charge in [-0.1, -0.05) is 6.92 Å². The number of aliphatic hydroxyl groups excluding tert-OH is 5. The van der Waals surface area contributed by atoms with Crippen molar-refractivity contribution in [3.05, 3.63) is 11.6 Å². The van der Waals surface area contributed by atoms with E-state index >= 15 is 0 Å². The molecule has 15 atom stereocenters. The van der Waals surface area contributed by atoms with Crippen molar-refractivity contribution in [1.82, 2.24) is 0 Å². The third kappa shape index (κ3) is 3.78. The molecule has 4 saturated carbocycles. The number of carbonyl (C=O) groups is 1. The second-order valence-electron chi connectivity index (χ2n) is 13.5. The summed E-state index contributed by atoms with van der Waals surface area (Å²) in [5.41, 5.74) is -5.36. The highest BCUT2D eigenvalue weighted by atomic mass is 16.7. The van der Waals surface area contributed by atoms with E-state index in [4.69, 9.17) is 14.2 Å². The predicted molar refractivity (Wildman–Crippen MR) is 134 cm³/mol. The van der Waals surface area contributed by atoms with Gasteiger partial charge in [-0.15, -0.1) is 0 Å². The third-order valence-corrected chi connectivity index (χ3v) is 11.6. The number of esters is 1. The summed E-state index contributed by atoms with van der Waals surface area (Å²) < 4.78 is 16.5. The van der Waals surface area contributed by atoms with Crippen molar-refractivity contribution in [2.45, 2.75) is 125 Å². The van der Waals surface area contributed by atoms with Crippen molar-refractivity contribution in [3.8, 4) is 0 Å². The van der Waals surface area contributed by atoms with Crippen molar-refractivity contribution in [2.75, 3.05) is 6.61 Å². The van der Waals surface area contributed by atoms with E-state index in [0.717, 1.165) is 5.57 Å². The van der Waals surface area contributed by atoms with Crippen LogP contribution < -0.4 is 0 Å². The summed E-state index contributed by atoms with van der Waals surface area (Å²) in [6.07, 6.45) is -7.57. The molecule has 2 aliphatic heterocycles. The van der Waals surface area contributed by atoms with Crippen LogP contribution in [0, 0.1) is 23.2 Å². The molecule has 12 heteroatoms. The fraction of sp³-hybridized carbons (Fsp3) is 0.893. The number of rotatable bonds is 3. The van der Waals surface area contributed by atoms with Crippen molar-refractivity contribution in [2.24, 2.45) is 23.2 Å². The zero-order valence-corrected chi connectivity index (χ0v) is 22.8.